The number of carbonyl (C=O) groups excluding carboxylic acids is 1. The zero-order chi connectivity index (χ0) is 9.40. The van der Waals surface area contributed by atoms with Crippen LogP contribution in [0.25, 0.3) is 0 Å². The fraction of sp³-hybridized carbons (Fsp3) is 0.750. The van der Waals surface area contributed by atoms with Crippen molar-refractivity contribution in [2.75, 3.05) is 26.3 Å². The summed E-state index contributed by atoms with van der Waals surface area (Å²) in [4.78, 5) is 12.5. The van der Waals surface area contributed by atoms with E-state index in [1.807, 2.05) is 0 Å². The van der Waals surface area contributed by atoms with E-state index in [4.69, 9.17) is 17.1 Å². The fourth-order valence-corrected chi connectivity index (χ4v) is 0.884. The fourth-order valence-electron chi connectivity index (χ4n) is 0.884. The molecule has 0 aliphatic heterocycles. The Hall–Kier alpha value is -0.610. The maximum Gasteiger partial charge on any atom is 0.222 e. The topological polar surface area (TPSA) is 60.8 Å². The standard InChI is InChI=1S/C8H15NO3/c1-2-3-8(12)9(4-6-10)5-7-11/h1,10-11H,2-7H2. The first kappa shape index (κ1) is 11.4. The van der Waals surface area contributed by atoms with Crippen LogP contribution in [0.2, 0.25) is 0 Å². The minimum Gasteiger partial charge on any atom is -0.395 e. The normalized spacial score (nSPS) is 9.92. The zero-order valence-electron chi connectivity index (χ0n) is 7.07. The van der Waals surface area contributed by atoms with E-state index in [9.17, 15) is 4.79 Å². The third-order valence-corrected chi connectivity index (χ3v) is 1.45. The van der Waals surface area contributed by atoms with Crippen LogP contribution in [-0.4, -0.2) is 47.3 Å². The van der Waals surface area contributed by atoms with Crippen molar-refractivity contribution in [3.8, 4) is 0 Å². The highest BCUT2D eigenvalue weighted by Gasteiger charge is 2.10. The molecule has 2 N–H and O–H groups in total. The highest BCUT2D eigenvalue weighted by molar-refractivity contribution is 5.76. The summed E-state index contributed by atoms with van der Waals surface area (Å²) in [6, 6.07) is 0. The lowest BCUT2D eigenvalue weighted by atomic mass is 10.3. The molecule has 4 heteroatoms. The lowest BCUT2D eigenvalue weighted by molar-refractivity contribution is -0.132. The van der Waals surface area contributed by atoms with Crippen molar-refractivity contribution in [1.29, 1.82) is 0 Å². The van der Waals surface area contributed by atoms with Crippen LogP contribution in [0.3, 0.4) is 0 Å². The Kier molecular flexibility index (Phi) is 6.70. The Morgan fingerprint density at radius 3 is 2.08 bits per heavy atom. The van der Waals surface area contributed by atoms with Gasteiger partial charge in [0.05, 0.1) is 13.2 Å². The van der Waals surface area contributed by atoms with Crippen molar-refractivity contribution in [2.45, 2.75) is 12.8 Å². The molecule has 0 aromatic carbocycles. The quantitative estimate of drug-likeness (QED) is 0.558. The first-order valence-corrected chi connectivity index (χ1v) is 3.95. The average molecular weight is 173 g/mol. The Balaban J connectivity index is 3.81. The number of rotatable bonds is 6. The maximum absolute atomic E-state index is 11.1. The Bertz CT molecular complexity index is 121. The second-order valence-corrected chi connectivity index (χ2v) is 2.37. The Morgan fingerprint density at radius 1 is 1.25 bits per heavy atom. The molecule has 0 aliphatic rings. The molecule has 0 aromatic heterocycles. The van der Waals surface area contributed by atoms with Gasteiger partial charge in [0.15, 0.2) is 0 Å². The van der Waals surface area contributed by atoms with Gasteiger partial charge >= 0.3 is 0 Å². The van der Waals surface area contributed by atoms with E-state index < -0.39 is 0 Å². The smallest absolute Gasteiger partial charge is 0.222 e. The van der Waals surface area contributed by atoms with Crippen molar-refractivity contribution in [3.05, 3.63) is 6.92 Å². The SMILES string of the molecule is [CH]CCC(=O)N(CCO)CCO. The van der Waals surface area contributed by atoms with Crippen molar-refractivity contribution in [1.82, 2.24) is 4.90 Å². The van der Waals surface area contributed by atoms with E-state index in [2.05, 4.69) is 0 Å². The summed E-state index contributed by atoms with van der Waals surface area (Å²) in [5.41, 5.74) is 0. The van der Waals surface area contributed by atoms with E-state index in [0.717, 1.165) is 0 Å². The maximum atomic E-state index is 11.1. The average Bonchev–Trinajstić information content (AvgIpc) is 2.04. The minimum atomic E-state index is -0.124. The number of amides is 1. The number of aliphatic hydroxyl groups is 2. The molecule has 70 valence electrons. The summed E-state index contributed by atoms with van der Waals surface area (Å²) >= 11 is 0. The Labute approximate surface area is 72.8 Å². The molecule has 0 atom stereocenters. The van der Waals surface area contributed by atoms with Gasteiger partial charge in [0.2, 0.25) is 5.91 Å². The molecule has 1 amide bonds. The lowest BCUT2D eigenvalue weighted by Crippen LogP contribution is -2.35. The highest BCUT2D eigenvalue weighted by Crippen LogP contribution is 1.96. The molecule has 0 bridgehead atoms. The molecule has 0 spiro atoms. The molecule has 0 saturated heterocycles. The molecule has 0 rings (SSSR count). The van der Waals surface area contributed by atoms with Gasteiger partial charge in [0, 0.05) is 19.5 Å². The number of hydrogen-bond acceptors (Lipinski definition) is 3. The van der Waals surface area contributed by atoms with E-state index in [1.54, 1.807) is 0 Å². The number of aliphatic hydroxyl groups excluding tert-OH is 2. The lowest BCUT2D eigenvalue weighted by Gasteiger charge is -2.19. The first-order valence-electron chi connectivity index (χ1n) is 3.95. The van der Waals surface area contributed by atoms with Crippen LogP contribution in [0, 0.1) is 6.92 Å². The van der Waals surface area contributed by atoms with Gasteiger partial charge in [0.1, 0.15) is 0 Å². The highest BCUT2D eigenvalue weighted by atomic mass is 16.3. The van der Waals surface area contributed by atoms with E-state index >= 15 is 0 Å². The van der Waals surface area contributed by atoms with Crippen LogP contribution in [-0.2, 0) is 4.79 Å². The summed E-state index contributed by atoms with van der Waals surface area (Å²) in [5.74, 6) is -0.124. The molecule has 0 unspecified atom stereocenters. The predicted molar refractivity (Wildman–Crippen MR) is 44.3 cm³/mol. The summed E-state index contributed by atoms with van der Waals surface area (Å²) < 4.78 is 0. The van der Waals surface area contributed by atoms with Crippen LogP contribution in [0.1, 0.15) is 12.8 Å². The summed E-state index contributed by atoms with van der Waals surface area (Å²) in [6.45, 7) is 5.54. The van der Waals surface area contributed by atoms with E-state index in [-0.39, 0.29) is 38.6 Å². The molecule has 0 saturated carbocycles. The molecule has 2 radical (unpaired) electrons. The van der Waals surface area contributed by atoms with Crippen molar-refractivity contribution in [2.24, 2.45) is 0 Å². The number of hydrogen-bond donors (Lipinski definition) is 2. The molecule has 4 nitrogen and oxygen atoms in total. The van der Waals surface area contributed by atoms with Gasteiger partial charge in [-0.25, -0.2) is 0 Å². The monoisotopic (exact) mass is 173 g/mol. The third-order valence-electron chi connectivity index (χ3n) is 1.45. The molecular weight excluding hydrogens is 158 g/mol. The van der Waals surface area contributed by atoms with Crippen LogP contribution in [0.15, 0.2) is 0 Å². The van der Waals surface area contributed by atoms with E-state index in [0.29, 0.717) is 6.42 Å². The van der Waals surface area contributed by atoms with Gasteiger partial charge in [-0.3, -0.25) is 4.79 Å². The van der Waals surface area contributed by atoms with Crippen molar-refractivity contribution in [3.63, 3.8) is 0 Å². The second-order valence-electron chi connectivity index (χ2n) is 2.37. The number of nitrogens with zero attached hydrogens (tertiary/aromatic N) is 1. The molecule has 0 fully saturated rings. The Morgan fingerprint density at radius 2 is 1.75 bits per heavy atom. The van der Waals surface area contributed by atoms with Gasteiger partial charge in [0.25, 0.3) is 0 Å². The van der Waals surface area contributed by atoms with E-state index in [1.165, 1.54) is 4.90 Å². The zero-order valence-corrected chi connectivity index (χ0v) is 7.07. The largest absolute Gasteiger partial charge is 0.395 e. The van der Waals surface area contributed by atoms with Gasteiger partial charge in [-0.05, 0) is 13.3 Å². The molecular formula is C8H15NO3. The van der Waals surface area contributed by atoms with Crippen molar-refractivity contribution < 1.29 is 15.0 Å². The van der Waals surface area contributed by atoms with Crippen LogP contribution < -0.4 is 0 Å². The van der Waals surface area contributed by atoms with Gasteiger partial charge in [-0.1, -0.05) is 0 Å². The van der Waals surface area contributed by atoms with Gasteiger partial charge < -0.3 is 15.1 Å². The first-order chi connectivity index (χ1) is 5.76. The van der Waals surface area contributed by atoms with Gasteiger partial charge in [-0.2, -0.15) is 0 Å². The summed E-state index contributed by atoms with van der Waals surface area (Å²) in [7, 11) is 0. The molecule has 0 heterocycles. The van der Waals surface area contributed by atoms with Crippen molar-refractivity contribution >= 4 is 5.91 Å². The third kappa shape index (κ3) is 4.31. The summed E-state index contributed by atoms with van der Waals surface area (Å²) in [5, 5.41) is 17.1. The molecule has 0 aromatic rings. The van der Waals surface area contributed by atoms with Crippen LogP contribution >= 0.6 is 0 Å². The molecule has 12 heavy (non-hydrogen) atoms. The minimum absolute atomic E-state index is 0.0870. The second kappa shape index (κ2) is 7.06. The van der Waals surface area contributed by atoms with Crippen LogP contribution in [0.4, 0.5) is 0 Å². The van der Waals surface area contributed by atoms with Crippen LogP contribution in [0.5, 0.6) is 0 Å². The molecule has 0 aliphatic carbocycles. The number of carbonyl (C=O) groups is 1. The predicted octanol–water partition coefficient (Wildman–Crippen LogP) is -0.709. The van der Waals surface area contributed by atoms with Gasteiger partial charge in [-0.15, -0.1) is 0 Å². The summed E-state index contributed by atoms with van der Waals surface area (Å²) in [6.07, 6.45) is 0.562.